The van der Waals surface area contributed by atoms with E-state index in [2.05, 4.69) is 43.6 Å². The number of rotatable bonds is 6. The van der Waals surface area contributed by atoms with Gasteiger partial charge in [-0.25, -0.2) is 0 Å². The molecule has 80 valence electrons. The largest absolute Gasteiger partial charge is 0.316 e. The Morgan fingerprint density at radius 1 is 1.43 bits per heavy atom. The molecule has 0 amide bonds. The Kier molecular flexibility index (Phi) is 4.63. The molecule has 1 atom stereocenters. The molecule has 14 heavy (non-hydrogen) atoms. The third-order valence-corrected chi connectivity index (χ3v) is 3.71. The molecule has 1 aromatic heterocycles. The zero-order chi connectivity index (χ0) is 10.4. The molecule has 0 aliphatic rings. The first-order valence-corrected chi connectivity index (χ1v) is 6.31. The molecule has 0 aromatic carbocycles. The molecule has 0 fully saturated rings. The molecule has 0 saturated carbocycles. The van der Waals surface area contributed by atoms with Gasteiger partial charge in [0.2, 0.25) is 0 Å². The van der Waals surface area contributed by atoms with Crippen LogP contribution in [0.25, 0.3) is 0 Å². The first-order valence-electron chi connectivity index (χ1n) is 5.43. The highest BCUT2D eigenvalue weighted by atomic mass is 32.1. The van der Waals surface area contributed by atoms with Crippen LogP contribution in [0.5, 0.6) is 0 Å². The smallest absolute Gasteiger partial charge is 0.00511 e. The number of hydrogen-bond acceptors (Lipinski definition) is 2. The van der Waals surface area contributed by atoms with Crippen molar-refractivity contribution in [1.82, 2.24) is 5.32 Å². The monoisotopic (exact) mass is 211 g/mol. The Bertz CT molecular complexity index is 243. The second-order valence-corrected chi connectivity index (χ2v) is 5.23. The van der Waals surface area contributed by atoms with Crippen LogP contribution in [0.3, 0.4) is 0 Å². The summed E-state index contributed by atoms with van der Waals surface area (Å²) in [6.07, 6.45) is 2.44. The number of nitrogens with one attached hydrogen (secondary N) is 1. The van der Waals surface area contributed by atoms with E-state index in [0.717, 1.165) is 13.1 Å². The van der Waals surface area contributed by atoms with Crippen LogP contribution >= 0.6 is 11.3 Å². The highest BCUT2D eigenvalue weighted by molar-refractivity contribution is 7.09. The van der Waals surface area contributed by atoms with Crippen molar-refractivity contribution in [2.24, 2.45) is 5.41 Å². The van der Waals surface area contributed by atoms with E-state index in [1.807, 2.05) is 11.3 Å². The van der Waals surface area contributed by atoms with Gasteiger partial charge in [-0.05, 0) is 36.2 Å². The van der Waals surface area contributed by atoms with Crippen LogP contribution in [0, 0.1) is 5.41 Å². The quantitative estimate of drug-likeness (QED) is 0.761. The summed E-state index contributed by atoms with van der Waals surface area (Å²) in [6.45, 7) is 9.01. The Labute approximate surface area is 91.5 Å². The first kappa shape index (κ1) is 11.7. The first-order chi connectivity index (χ1) is 6.70. The molecule has 0 bridgehead atoms. The van der Waals surface area contributed by atoms with Gasteiger partial charge in [-0.1, -0.05) is 26.8 Å². The lowest BCUT2D eigenvalue weighted by atomic mass is 9.83. The highest BCUT2D eigenvalue weighted by Crippen LogP contribution is 2.27. The van der Waals surface area contributed by atoms with Gasteiger partial charge < -0.3 is 5.32 Å². The average Bonchev–Trinajstić information content (AvgIpc) is 2.67. The van der Waals surface area contributed by atoms with Gasteiger partial charge >= 0.3 is 0 Å². The second kappa shape index (κ2) is 5.52. The molecule has 1 nitrogen and oxygen atoms in total. The molecule has 1 aromatic rings. The van der Waals surface area contributed by atoms with Gasteiger partial charge in [0.15, 0.2) is 0 Å². The Balaban J connectivity index is 2.52. The average molecular weight is 211 g/mol. The summed E-state index contributed by atoms with van der Waals surface area (Å²) in [5.74, 6) is 0. The van der Waals surface area contributed by atoms with Crippen LogP contribution in [0.4, 0.5) is 0 Å². The molecule has 1 heterocycles. The molecule has 0 spiro atoms. The fourth-order valence-corrected chi connectivity index (χ4v) is 2.49. The van der Waals surface area contributed by atoms with Crippen molar-refractivity contribution in [3.63, 3.8) is 0 Å². The van der Waals surface area contributed by atoms with Crippen molar-refractivity contribution in [2.45, 2.75) is 33.6 Å². The minimum Gasteiger partial charge on any atom is -0.316 e. The van der Waals surface area contributed by atoms with Crippen molar-refractivity contribution < 1.29 is 0 Å². The van der Waals surface area contributed by atoms with E-state index >= 15 is 0 Å². The lowest BCUT2D eigenvalue weighted by Crippen LogP contribution is -2.32. The van der Waals surface area contributed by atoms with Gasteiger partial charge in [-0.15, -0.1) is 11.3 Å². The summed E-state index contributed by atoms with van der Waals surface area (Å²) >= 11 is 1.87. The van der Waals surface area contributed by atoms with E-state index in [4.69, 9.17) is 0 Å². The Morgan fingerprint density at radius 3 is 2.71 bits per heavy atom. The molecule has 1 unspecified atom stereocenters. The molecule has 1 rings (SSSR count). The van der Waals surface area contributed by atoms with Crippen molar-refractivity contribution in [2.75, 3.05) is 13.1 Å². The molecule has 2 heteroatoms. The second-order valence-electron chi connectivity index (χ2n) is 4.20. The van der Waals surface area contributed by atoms with Crippen molar-refractivity contribution in [1.29, 1.82) is 0 Å². The van der Waals surface area contributed by atoms with E-state index in [1.165, 1.54) is 17.7 Å². The normalized spacial score (nSPS) is 15.4. The fourth-order valence-electron chi connectivity index (χ4n) is 1.57. The van der Waals surface area contributed by atoms with Gasteiger partial charge in [-0.3, -0.25) is 0 Å². The minimum absolute atomic E-state index is 0.418. The maximum atomic E-state index is 3.46. The third-order valence-electron chi connectivity index (χ3n) is 2.84. The van der Waals surface area contributed by atoms with Crippen molar-refractivity contribution >= 4 is 11.3 Å². The standard InChI is InChI=1S/C12H21NS/c1-4-12(3,10-13-5-2)9-11-7-6-8-14-11/h6-8,13H,4-5,9-10H2,1-3H3. The van der Waals surface area contributed by atoms with E-state index in [9.17, 15) is 0 Å². The lowest BCUT2D eigenvalue weighted by Gasteiger charge is -2.28. The van der Waals surface area contributed by atoms with E-state index in [1.54, 1.807) is 0 Å². The number of hydrogen-bond donors (Lipinski definition) is 1. The predicted octanol–water partition coefficient (Wildman–Crippen LogP) is 3.32. The van der Waals surface area contributed by atoms with Gasteiger partial charge in [-0.2, -0.15) is 0 Å². The molecule has 0 saturated heterocycles. The maximum absolute atomic E-state index is 3.46. The van der Waals surface area contributed by atoms with Gasteiger partial charge in [0.25, 0.3) is 0 Å². The van der Waals surface area contributed by atoms with Crippen LogP contribution in [0.1, 0.15) is 32.1 Å². The Morgan fingerprint density at radius 2 is 2.21 bits per heavy atom. The van der Waals surface area contributed by atoms with Crippen LogP contribution in [0.15, 0.2) is 17.5 Å². The molecular formula is C12H21NS. The van der Waals surface area contributed by atoms with Crippen LogP contribution in [-0.4, -0.2) is 13.1 Å². The summed E-state index contributed by atoms with van der Waals surface area (Å²) < 4.78 is 0. The van der Waals surface area contributed by atoms with Gasteiger partial charge in [0, 0.05) is 11.4 Å². The SMILES string of the molecule is CCNCC(C)(CC)Cc1cccs1. The van der Waals surface area contributed by atoms with E-state index < -0.39 is 0 Å². The molecule has 0 aliphatic heterocycles. The summed E-state index contributed by atoms with van der Waals surface area (Å²) in [6, 6.07) is 4.38. The fraction of sp³-hybridized carbons (Fsp3) is 0.667. The van der Waals surface area contributed by atoms with Crippen molar-refractivity contribution in [3.8, 4) is 0 Å². The molecule has 1 N–H and O–H groups in total. The summed E-state index contributed by atoms with van der Waals surface area (Å²) in [7, 11) is 0. The van der Waals surface area contributed by atoms with Crippen LogP contribution < -0.4 is 5.32 Å². The summed E-state index contributed by atoms with van der Waals surface area (Å²) in [5, 5.41) is 5.62. The van der Waals surface area contributed by atoms with Crippen LogP contribution in [-0.2, 0) is 6.42 Å². The van der Waals surface area contributed by atoms with Crippen LogP contribution in [0.2, 0.25) is 0 Å². The minimum atomic E-state index is 0.418. The topological polar surface area (TPSA) is 12.0 Å². The molecular weight excluding hydrogens is 190 g/mol. The van der Waals surface area contributed by atoms with Gasteiger partial charge in [0.05, 0.1) is 0 Å². The predicted molar refractivity (Wildman–Crippen MR) is 65.0 cm³/mol. The van der Waals surface area contributed by atoms with Crippen molar-refractivity contribution in [3.05, 3.63) is 22.4 Å². The van der Waals surface area contributed by atoms with E-state index in [-0.39, 0.29) is 0 Å². The third kappa shape index (κ3) is 3.43. The highest BCUT2D eigenvalue weighted by Gasteiger charge is 2.22. The lowest BCUT2D eigenvalue weighted by molar-refractivity contribution is 0.295. The summed E-state index contributed by atoms with van der Waals surface area (Å²) in [5.41, 5.74) is 0.418. The number of thiophene rings is 1. The van der Waals surface area contributed by atoms with E-state index in [0.29, 0.717) is 5.41 Å². The Hall–Kier alpha value is -0.340. The molecule has 0 radical (unpaired) electrons. The molecule has 0 aliphatic carbocycles. The zero-order valence-corrected chi connectivity index (χ0v) is 10.3. The van der Waals surface area contributed by atoms with Gasteiger partial charge in [0.1, 0.15) is 0 Å². The maximum Gasteiger partial charge on any atom is 0.00511 e. The summed E-state index contributed by atoms with van der Waals surface area (Å²) in [4.78, 5) is 1.51. The zero-order valence-electron chi connectivity index (χ0n) is 9.47.